The molecule has 1 fully saturated rings. The zero-order chi connectivity index (χ0) is 9.42. The van der Waals surface area contributed by atoms with Crippen LogP contribution in [0, 0.1) is 6.92 Å². The van der Waals surface area contributed by atoms with Crippen LogP contribution in [0.1, 0.15) is 22.9 Å². The summed E-state index contributed by atoms with van der Waals surface area (Å²) in [6.45, 7) is 1.63. The first-order valence-corrected chi connectivity index (χ1v) is 4.03. The van der Waals surface area contributed by atoms with Gasteiger partial charge in [-0.3, -0.25) is 4.79 Å². The molecule has 1 aromatic heterocycles. The van der Waals surface area contributed by atoms with E-state index in [1.165, 1.54) is 0 Å². The van der Waals surface area contributed by atoms with Crippen molar-refractivity contribution in [2.24, 2.45) is 5.73 Å². The Balaban J connectivity index is 1.97. The number of nitrogens with zero attached hydrogens (tertiary/aromatic N) is 2. The van der Waals surface area contributed by atoms with Gasteiger partial charge in [0.1, 0.15) is 0 Å². The first-order valence-electron chi connectivity index (χ1n) is 4.03. The van der Waals surface area contributed by atoms with Crippen LogP contribution in [-0.2, 0) is 0 Å². The van der Waals surface area contributed by atoms with Crippen molar-refractivity contribution in [1.29, 1.82) is 0 Å². The van der Waals surface area contributed by atoms with Gasteiger partial charge in [0.25, 0.3) is 11.7 Å². The quantitative estimate of drug-likeness (QED) is 0.625. The van der Waals surface area contributed by atoms with Crippen LogP contribution in [0.2, 0.25) is 0 Å². The highest BCUT2D eigenvalue weighted by Crippen LogP contribution is 2.17. The highest BCUT2D eigenvalue weighted by atomic mass is 16.5. The number of carbonyl (C=O) groups is 1. The van der Waals surface area contributed by atoms with Crippen LogP contribution in [-0.4, -0.2) is 28.1 Å². The summed E-state index contributed by atoms with van der Waals surface area (Å²) in [6, 6.07) is 0.156. The molecule has 0 aromatic carbocycles. The van der Waals surface area contributed by atoms with Crippen LogP contribution < -0.4 is 11.1 Å². The smallest absolute Gasteiger partial charge is 0.292 e. The van der Waals surface area contributed by atoms with Gasteiger partial charge >= 0.3 is 0 Å². The molecule has 1 saturated carbocycles. The molecule has 2 rings (SSSR count). The molecule has 6 heteroatoms. The van der Waals surface area contributed by atoms with E-state index in [1.807, 2.05) is 0 Å². The Labute approximate surface area is 74.5 Å². The second-order valence-electron chi connectivity index (χ2n) is 3.12. The van der Waals surface area contributed by atoms with Crippen LogP contribution in [0.15, 0.2) is 4.52 Å². The molecule has 2 unspecified atom stereocenters. The van der Waals surface area contributed by atoms with Gasteiger partial charge in [-0.2, -0.15) is 4.98 Å². The number of amides is 1. The van der Waals surface area contributed by atoms with Crippen molar-refractivity contribution < 1.29 is 9.32 Å². The van der Waals surface area contributed by atoms with Gasteiger partial charge in [0.05, 0.1) is 0 Å². The van der Waals surface area contributed by atoms with E-state index in [4.69, 9.17) is 5.73 Å². The van der Waals surface area contributed by atoms with Crippen molar-refractivity contribution in [2.45, 2.75) is 25.4 Å². The molecule has 6 nitrogen and oxygen atoms in total. The number of rotatable bonds is 2. The van der Waals surface area contributed by atoms with Crippen molar-refractivity contribution in [2.75, 3.05) is 0 Å². The molecule has 3 N–H and O–H groups in total. The molecular formula is C7H10N4O2. The number of hydrogen-bond acceptors (Lipinski definition) is 5. The maximum Gasteiger partial charge on any atom is 0.292 e. The van der Waals surface area contributed by atoms with E-state index in [0.717, 1.165) is 6.42 Å². The lowest BCUT2D eigenvalue weighted by molar-refractivity contribution is 0.0937. The van der Waals surface area contributed by atoms with E-state index in [2.05, 4.69) is 20.0 Å². The van der Waals surface area contributed by atoms with Gasteiger partial charge in [0, 0.05) is 19.0 Å². The average molecular weight is 182 g/mol. The highest BCUT2D eigenvalue weighted by molar-refractivity contribution is 5.90. The van der Waals surface area contributed by atoms with Gasteiger partial charge in [-0.15, -0.1) is 0 Å². The Morgan fingerprint density at radius 3 is 2.92 bits per heavy atom. The predicted molar refractivity (Wildman–Crippen MR) is 42.9 cm³/mol. The van der Waals surface area contributed by atoms with Crippen molar-refractivity contribution in [3.8, 4) is 0 Å². The Bertz CT molecular complexity index is 335. The second-order valence-corrected chi connectivity index (χ2v) is 3.12. The first-order chi connectivity index (χ1) is 6.16. The molecule has 0 bridgehead atoms. The largest absolute Gasteiger partial charge is 0.345 e. The molecule has 1 heterocycles. The lowest BCUT2D eigenvalue weighted by Crippen LogP contribution is -2.30. The molecular weight excluding hydrogens is 172 g/mol. The first kappa shape index (κ1) is 8.18. The van der Waals surface area contributed by atoms with E-state index in [0.29, 0.717) is 5.89 Å². The second kappa shape index (κ2) is 2.81. The Hall–Kier alpha value is -1.43. The molecule has 0 spiro atoms. The summed E-state index contributed by atoms with van der Waals surface area (Å²) < 4.78 is 4.66. The van der Waals surface area contributed by atoms with Crippen LogP contribution >= 0.6 is 0 Å². The molecule has 0 radical (unpaired) electrons. The number of nitrogens with two attached hydrogens (primary N) is 1. The maximum absolute atomic E-state index is 11.3. The third-order valence-electron chi connectivity index (χ3n) is 1.89. The fourth-order valence-corrected chi connectivity index (χ4v) is 1.01. The van der Waals surface area contributed by atoms with E-state index >= 15 is 0 Å². The molecule has 1 aliphatic carbocycles. The van der Waals surface area contributed by atoms with Crippen molar-refractivity contribution >= 4 is 5.91 Å². The fraction of sp³-hybridized carbons (Fsp3) is 0.571. The van der Waals surface area contributed by atoms with Gasteiger partial charge < -0.3 is 15.6 Å². The van der Waals surface area contributed by atoms with E-state index in [-0.39, 0.29) is 23.8 Å². The van der Waals surface area contributed by atoms with E-state index in [1.54, 1.807) is 6.92 Å². The molecule has 70 valence electrons. The topological polar surface area (TPSA) is 94.0 Å². The molecule has 1 amide bonds. The van der Waals surface area contributed by atoms with Gasteiger partial charge in [0.15, 0.2) is 0 Å². The fourth-order valence-electron chi connectivity index (χ4n) is 1.01. The summed E-state index contributed by atoms with van der Waals surface area (Å²) in [7, 11) is 0. The average Bonchev–Trinajstić information content (AvgIpc) is 2.62. The Morgan fingerprint density at radius 1 is 1.77 bits per heavy atom. The normalized spacial score (nSPS) is 25.7. The number of aromatic nitrogens is 2. The highest BCUT2D eigenvalue weighted by Gasteiger charge is 2.35. The van der Waals surface area contributed by atoms with Crippen molar-refractivity contribution in [1.82, 2.24) is 15.5 Å². The number of nitrogens with one attached hydrogen (secondary N) is 1. The van der Waals surface area contributed by atoms with Crippen molar-refractivity contribution in [3.63, 3.8) is 0 Å². The van der Waals surface area contributed by atoms with Crippen LogP contribution in [0.25, 0.3) is 0 Å². The summed E-state index contributed by atoms with van der Waals surface area (Å²) in [4.78, 5) is 15.1. The molecule has 1 aromatic rings. The lowest BCUT2D eigenvalue weighted by Gasteiger charge is -1.97. The van der Waals surface area contributed by atoms with E-state index < -0.39 is 0 Å². The third kappa shape index (κ3) is 1.67. The van der Waals surface area contributed by atoms with Crippen molar-refractivity contribution in [3.05, 3.63) is 11.7 Å². The minimum atomic E-state index is -0.324. The summed E-state index contributed by atoms with van der Waals surface area (Å²) in [5.74, 6) is 0.122. The molecule has 0 saturated heterocycles. The van der Waals surface area contributed by atoms with Crippen LogP contribution in [0.5, 0.6) is 0 Å². The van der Waals surface area contributed by atoms with Gasteiger partial charge in [-0.05, 0) is 6.42 Å². The number of hydrogen-bond donors (Lipinski definition) is 2. The van der Waals surface area contributed by atoms with Gasteiger partial charge in [0.2, 0.25) is 5.89 Å². The Morgan fingerprint density at radius 2 is 2.46 bits per heavy atom. The third-order valence-corrected chi connectivity index (χ3v) is 1.89. The van der Waals surface area contributed by atoms with Crippen LogP contribution in [0.3, 0.4) is 0 Å². The molecule has 1 aliphatic rings. The predicted octanol–water partition coefficient (Wildman–Crippen LogP) is -0.793. The SMILES string of the molecule is Cc1nc(C(=O)NC2CC2N)no1. The van der Waals surface area contributed by atoms with Gasteiger partial charge in [-0.25, -0.2) is 0 Å². The summed E-state index contributed by atoms with van der Waals surface area (Å²) in [5, 5.41) is 6.17. The van der Waals surface area contributed by atoms with E-state index in [9.17, 15) is 4.79 Å². The summed E-state index contributed by atoms with van der Waals surface area (Å²) in [6.07, 6.45) is 0.822. The minimum absolute atomic E-state index is 0.0663. The molecule has 2 atom stereocenters. The number of carbonyl (C=O) groups excluding carboxylic acids is 1. The molecule has 0 aliphatic heterocycles. The standard InChI is InChI=1S/C7H10N4O2/c1-3-9-6(11-13-3)7(12)10-5-2-4(5)8/h4-5H,2,8H2,1H3,(H,10,12). The summed E-state index contributed by atoms with van der Waals surface area (Å²) in [5.41, 5.74) is 5.52. The zero-order valence-corrected chi connectivity index (χ0v) is 7.15. The maximum atomic E-state index is 11.3. The monoisotopic (exact) mass is 182 g/mol. The zero-order valence-electron chi connectivity index (χ0n) is 7.15. The lowest BCUT2D eigenvalue weighted by atomic mass is 10.5. The molecule has 13 heavy (non-hydrogen) atoms. The van der Waals surface area contributed by atoms with Crippen LogP contribution in [0.4, 0.5) is 0 Å². The Kier molecular flexibility index (Phi) is 1.77. The number of aryl methyl sites for hydroxylation is 1. The summed E-state index contributed by atoms with van der Waals surface area (Å²) >= 11 is 0. The van der Waals surface area contributed by atoms with Gasteiger partial charge in [-0.1, -0.05) is 5.16 Å². The minimum Gasteiger partial charge on any atom is -0.345 e.